The van der Waals surface area contributed by atoms with Crippen molar-refractivity contribution in [2.75, 3.05) is 6.61 Å². The SMILES string of the molecule is CCc1cnc(C(CC)CO)[nH]1. The van der Waals surface area contributed by atoms with Gasteiger partial charge in [0.2, 0.25) is 0 Å². The number of H-pyrrole nitrogens is 1. The molecule has 0 spiro atoms. The first-order chi connectivity index (χ1) is 5.81. The molecule has 3 nitrogen and oxygen atoms in total. The van der Waals surface area contributed by atoms with E-state index in [2.05, 4.69) is 23.8 Å². The third-order valence-electron chi connectivity index (χ3n) is 2.13. The van der Waals surface area contributed by atoms with E-state index in [0.717, 1.165) is 24.4 Å². The summed E-state index contributed by atoms with van der Waals surface area (Å²) in [5, 5.41) is 9.00. The number of nitrogens with one attached hydrogen (secondary N) is 1. The fraction of sp³-hybridized carbons (Fsp3) is 0.667. The van der Waals surface area contributed by atoms with Crippen LogP contribution in [-0.4, -0.2) is 21.7 Å². The van der Waals surface area contributed by atoms with Gasteiger partial charge in [-0.2, -0.15) is 0 Å². The predicted octanol–water partition coefficient (Wildman–Crippen LogP) is 1.46. The summed E-state index contributed by atoms with van der Waals surface area (Å²) in [5.41, 5.74) is 1.14. The minimum absolute atomic E-state index is 0.172. The predicted molar refractivity (Wildman–Crippen MR) is 48.1 cm³/mol. The minimum Gasteiger partial charge on any atom is -0.396 e. The number of aliphatic hydroxyl groups excluding tert-OH is 1. The Kier molecular flexibility index (Phi) is 3.29. The van der Waals surface area contributed by atoms with Gasteiger partial charge < -0.3 is 10.1 Å². The molecule has 2 N–H and O–H groups in total. The zero-order valence-corrected chi connectivity index (χ0v) is 7.67. The molecule has 0 fully saturated rings. The Labute approximate surface area is 72.8 Å². The van der Waals surface area contributed by atoms with Crippen molar-refractivity contribution >= 4 is 0 Å². The molecule has 1 unspecified atom stereocenters. The van der Waals surface area contributed by atoms with E-state index in [4.69, 9.17) is 5.11 Å². The Morgan fingerprint density at radius 2 is 2.33 bits per heavy atom. The van der Waals surface area contributed by atoms with E-state index in [1.54, 1.807) is 0 Å². The average molecular weight is 168 g/mol. The van der Waals surface area contributed by atoms with E-state index >= 15 is 0 Å². The summed E-state index contributed by atoms with van der Waals surface area (Å²) in [4.78, 5) is 7.41. The third-order valence-corrected chi connectivity index (χ3v) is 2.13. The molecule has 0 saturated carbocycles. The summed E-state index contributed by atoms with van der Waals surface area (Å²) in [6.07, 6.45) is 3.73. The third kappa shape index (κ3) is 1.85. The van der Waals surface area contributed by atoms with Gasteiger partial charge in [-0.3, -0.25) is 0 Å². The minimum atomic E-state index is 0.172. The first-order valence-corrected chi connectivity index (χ1v) is 4.46. The Morgan fingerprint density at radius 1 is 1.58 bits per heavy atom. The molecular weight excluding hydrogens is 152 g/mol. The molecule has 0 aromatic carbocycles. The van der Waals surface area contributed by atoms with E-state index in [1.807, 2.05) is 6.20 Å². The van der Waals surface area contributed by atoms with Crippen molar-refractivity contribution in [1.82, 2.24) is 9.97 Å². The molecule has 0 aliphatic heterocycles. The van der Waals surface area contributed by atoms with E-state index in [-0.39, 0.29) is 12.5 Å². The van der Waals surface area contributed by atoms with Crippen LogP contribution in [0.5, 0.6) is 0 Å². The second-order valence-corrected chi connectivity index (χ2v) is 2.93. The lowest BCUT2D eigenvalue weighted by Crippen LogP contribution is -2.04. The normalized spacial score (nSPS) is 13.2. The number of hydrogen-bond donors (Lipinski definition) is 2. The summed E-state index contributed by atoms with van der Waals surface area (Å²) >= 11 is 0. The van der Waals surface area contributed by atoms with Crippen LogP contribution < -0.4 is 0 Å². The maximum atomic E-state index is 9.00. The van der Waals surface area contributed by atoms with Gasteiger partial charge in [-0.05, 0) is 12.8 Å². The van der Waals surface area contributed by atoms with Crippen molar-refractivity contribution in [2.45, 2.75) is 32.6 Å². The molecule has 12 heavy (non-hydrogen) atoms. The summed E-state index contributed by atoms with van der Waals surface area (Å²) in [7, 11) is 0. The molecule has 1 aromatic heterocycles. The average Bonchev–Trinajstić information content (AvgIpc) is 2.55. The standard InChI is InChI=1S/C9H16N2O/c1-3-7(6-12)9-10-5-8(4-2)11-9/h5,7,12H,3-4,6H2,1-2H3,(H,10,11). The molecule has 0 aliphatic carbocycles. The molecule has 0 saturated heterocycles. The van der Waals surface area contributed by atoms with Gasteiger partial charge in [0.1, 0.15) is 5.82 Å². The largest absolute Gasteiger partial charge is 0.396 e. The first-order valence-electron chi connectivity index (χ1n) is 4.46. The second kappa shape index (κ2) is 4.26. The molecule has 0 amide bonds. The van der Waals surface area contributed by atoms with Crippen LogP contribution in [0.4, 0.5) is 0 Å². The molecule has 1 atom stereocenters. The van der Waals surface area contributed by atoms with Crippen LogP contribution in [0.15, 0.2) is 6.20 Å². The van der Waals surface area contributed by atoms with Crippen molar-refractivity contribution in [3.8, 4) is 0 Å². The molecule has 1 aromatic rings. The van der Waals surface area contributed by atoms with Crippen LogP contribution >= 0.6 is 0 Å². The molecule has 0 aliphatic rings. The van der Waals surface area contributed by atoms with Gasteiger partial charge in [-0.15, -0.1) is 0 Å². The summed E-state index contributed by atoms with van der Waals surface area (Å²) in [6, 6.07) is 0. The van der Waals surface area contributed by atoms with Crippen LogP contribution in [0, 0.1) is 0 Å². The Hall–Kier alpha value is -0.830. The highest BCUT2D eigenvalue weighted by atomic mass is 16.3. The van der Waals surface area contributed by atoms with E-state index in [0.29, 0.717) is 0 Å². The van der Waals surface area contributed by atoms with Gasteiger partial charge in [0, 0.05) is 17.8 Å². The smallest absolute Gasteiger partial charge is 0.111 e. The first kappa shape index (κ1) is 9.26. The van der Waals surface area contributed by atoms with Crippen LogP contribution in [0.3, 0.4) is 0 Å². The fourth-order valence-electron chi connectivity index (χ4n) is 1.17. The highest BCUT2D eigenvalue weighted by molar-refractivity contribution is 5.05. The van der Waals surface area contributed by atoms with Crippen LogP contribution in [0.2, 0.25) is 0 Å². The number of hydrogen-bond acceptors (Lipinski definition) is 2. The van der Waals surface area contributed by atoms with Crippen LogP contribution in [0.1, 0.15) is 37.7 Å². The van der Waals surface area contributed by atoms with Crippen molar-refractivity contribution in [1.29, 1.82) is 0 Å². The number of rotatable bonds is 4. The molecule has 1 rings (SSSR count). The highest BCUT2D eigenvalue weighted by Crippen LogP contribution is 2.14. The van der Waals surface area contributed by atoms with Gasteiger partial charge in [0.25, 0.3) is 0 Å². The Morgan fingerprint density at radius 3 is 2.75 bits per heavy atom. The summed E-state index contributed by atoms with van der Waals surface area (Å²) in [5.74, 6) is 1.09. The molecule has 0 radical (unpaired) electrons. The van der Waals surface area contributed by atoms with E-state index < -0.39 is 0 Å². The lowest BCUT2D eigenvalue weighted by Gasteiger charge is -2.06. The van der Waals surface area contributed by atoms with Gasteiger partial charge in [-0.25, -0.2) is 4.98 Å². The number of aryl methyl sites for hydroxylation is 1. The second-order valence-electron chi connectivity index (χ2n) is 2.93. The van der Waals surface area contributed by atoms with Gasteiger partial charge in [0.15, 0.2) is 0 Å². The Bertz CT molecular complexity index is 228. The summed E-state index contributed by atoms with van der Waals surface area (Å²) < 4.78 is 0. The number of aromatic nitrogens is 2. The van der Waals surface area contributed by atoms with Gasteiger partial charge in [-0.1, -0.05) is 13.8 Å². The number of imidazole rings is 1. The highest BCUT2D eigenvalue weighted by Gasteiger charge is 2.10. The number of aromatic amines is 1. The van der Waals surface area contributed by atoms with Crippen molar-refractivity contribution in [3.63, 3.8) is 0 Å². The van der Waals surface area contributed by atoms with E-state index in [9.17, 15) is 0 Å². The van der Waals surface area contributed by atoms with Gasteiger partial charge in [0.05, 0.1) is 6.61 Å². The van der Waals surface area contributed by atoms with E-state index in [1.165, 1.54) is 0 Å². The quantitative estimate of drug-likeness (QED) is 0.715. The van der Waals surface area contributed by atoms with Crippen LogP contribution in [0.25, 0.3) is 0 Å². The van der Waals surface area contributed by atoms with Crippen molar-refractivity contribution in [2.24, 2.45) is 0 Å². The molecule has 68 valence electrons. The van der Waals surface area contributed by atoms with Gasteiger partial charge >= 0.3 is 0 Å². The molecule has 1 heterocycles. The zero-order valence-electron chi connectivity index (χ0n) is 7.67. The molecular formula is C9H16N2O. The summed E-state index contributed by atoms with van der Waals surface area (Å²) in [6.45, 7) is 4.30. The topological polar surface area (TPSA) is 48.9 Å². The van der Waals surface area contributed by atoms with Crippen molar-refractivity contribution < 1.29 is 5.11 Å². The zero-order chi connectivity index (χ0) is 8.97. The molecule has 0 bridgehead atoms. The van der Waals surface area contributed by atoms with Crippen LogP contribution in [-0.2, 0) is 6.42 Å². The number of aliphatic hydroxyl groups is 1. The maximum Gasteiger partial charge on any atom is 0.111 e. The number of nitrogens with zero attached hydrogens (tertiary/aromatic N) is 1. The van der Waals surface area contributed by atoms with Crippen molar-refractivity contribution in [3.05, 3.63) is 17.7 Å². The molecule has 3 heteroatoms. The fourth-order valence-corrected chi connectivity index (χ4v) is 1.17. The lowest BCUT2D eigenvalue weighted by molar-refractivity contribution is 0.258. The lowest BCUT2D eigenvalue weighted by atomic mass is 10.1. The Balaban J connectivity index is 2.72. The maximum absolute atomic E-state index is 9.00. The monoisotopic (exact) mass is 168 g/mol.